The van der Waals surface area contributed by atoms with Crippen LogP contribution < -0.4 is 10.2 Å². The average molecular weight is 411 g/mol. The molecule has 1 aliphatic rings. The molecule has 6 heteroatoms. The van der Waals surface area contributed by atoms with Crippen molar-refractivity contribution in [2.24, 2.45) is 0 Å². The first-order valence-electron chi connectivity index (χ1n) is 10.7. The number of hydrogen-bond acceptors (Lipinski definition) is 4. The van der Waals surface area contributed by atoms with Crippen LogP contribution in [0.5, 0.6) is 0 Å². The predicted octanol–water partition coefficient (Wildman–Crippen LogP) is 3.82. The summed E-state index contributed by atoms with van der Waals surface area (Å²) in [6.07, 6.45) is 0.941. The fraction of sp³-hybridized carbons (Fsp3) is 0.458. The first kappa shape index (κ1) is 22.1. The van der Waals surface area contributed by atoms with Gasteiger partial charge in [-0.05, 0) is 42.7 Å². The molecule has 1 N–H and O–H groups in total. The molecule has 1 heterocycles. The second kappa shape index (κ2) is 11.0. The highest BCUT2D eigenvalue weighted by Gasteiger charge is 2.17. The van der Waals surface area contributed by atoms with Crippen molar-refractivity contribution in [2.45, 2.75) is 19.9 Å². The van der Waals surface area contributed by atoms with Gasteiger partial charge >= 0.3 is 6.03 Å². The molecule has 0 radical (unpaired) electrons. The summed E-state index contributed by atoms with van der Waals surface area (Å²) < 4.78 is 5.43. The molecule has 1 fully saturated rings. The molecule has 162 valence electrons. The number of nitrogens with zero attached hydrogens (tertiary/aromatic N) is 3. The Morgan fingerprint density at radius 3 is 2.43 bits per heavy atom. The van der Waals surface area contributed by atoms with Crippen molar-refractivity contribution in [3.8, 4) is 0 Å². The third kappa shape index (κ3) is 6.47. The maximum atomic E-state index is 13.1. The number of aryl methyl sites for hydroxylation is 1. The highest BCUT2D eigenvalue weighted by Crippen LogP contribution is 2.17. The number of ether oxygens (including phenoxy) is 1. The van der Waals surface area contributed by atoms with E-state index in [0.717, 1.165) is 61.8 Å². The minimum Gasteiger partial charge on any atom is -0.379 e. The largest absolute Gasteiger partial charge is 0.379 e. The van der Waals surface area contributed by atoms with E-state index in [-0.39, 0.29) is 6.03 Å². The Bertz CT molecular complexity index is 801. The maximum absolute atomic E-state index is 13.1. The third-order valence-corrected chi connectivity index (χ3v) is 5.51. The van der Waals surface area contributed by atoms with Gasteiger partial charge < -0.3 is 19.9 Å². The molecule has 0 atom stereocenters. The van der Waals surface area contributed by atoms with Crippen molar-refractivity contribution in [3.63, 3.8) is 0 Å². The summed E-state index contributed by atoms with van der Waals surface area (Å²) in [7, 11) is 4.06. The van der Waals surface area contributed by atoms with Gasteiger partial charge in [-0.1, -0.05) is 30.3 Å². The number of carbonyl (C=O) groups excluding carboxylic acids is 1. The molecule has 0 aliphatic carbocycles. The van der Waals surface area contributed by atoms with E-state index in [1.807, 2.05) is 50.2 Å². The van der Waals surface area contributed by atoms with Crippen molar-refractivity contribution in [1.29, 1.82) is 0 Å². The Morgan fingerprint density at radius 1 is 1.07 bits per heavy atom. The number of para-hydroxylation sites is 1. The van der Waals surface area contributed by atoms with Crippen LogP contribution in [0, 0.1) is 6.92 Å². The molecule has 2 aromatic carbocycles. The number of benzene rings is 2. The van der Waals surface area contributed by atoms with Gasteiger partial charge in [-0.3, -0.25) is 4.90 Å². The van der Waals surface area contributed by atoms with Crippen LogP contribution in [-0.2, 0) is 11.3 Å². The summed E-state index contributed by atoms with van der Waals surface area (Å²) in [6, 6.07) is 16.2. The average Bonchev–Trinajstić information content (AvgIpc) is 2.75. The van der Waals surface area contributed by atoms with Gasteiger partial charge in [0.25, 0.3) is 0 Å². The zero-order chi connectivity index (χ0) is 21.3. The Labute approximate surface area is 180 Å². The van der Waals surface area contributed by atoms with Gasteiger partial charge in [0.2, 0.25) is 0 Å². The van der Waals surface area contributed by atoms with Crippen molar-refractivity contribution in [3.05, 3.63) is 59.7 Å². The molecular weight excluding hydrogens is 376 g/mol. The lowest BCUT2D eigenvalue weighted by atomic mass is 10.1. The van der Waals surface area contributed by atoms with Crippen molar-refractivity contribution < 1.29 is 9.53 Å². The number of anilines is 2. The second-order valence-corrected chi connectivity index (χ2v) is 8.04. The SMILES string of the molecule is Cc1ccccc1NC(=O)N(CCCN1CCOCC1)Cc1ccc(N(C)C)cc1. The van der Waals surface area contributed by atoms with Crippen LogP contribution in [0.1, 0.15) is 17.5 Å². The number of hydrogen-bond donors (Lipinski definition) is 1. The molecule has 2 aromatic rings. The van der Waals surface area contributed by atoms with Crippen LogP contribution in [-0.4, -0.2) is 69.3 Å². The van der Waals surface area contributed by atoms with Crippen molar-refractivity contribution in [2.75, 3.05) is 63.7 Å². The number of amides is 2. The zero-order valence-electron chi connectivity index (χ0n) is 18.4. The van der Waals surface area contributed by atoms with Gasteiger partial charge in [0.1, 0.15) is 0 Å². The normalized spacial score (nSPS) is 14.4. The lowest BCUT2D eigenvalue weighted by Gasteiger charge is -2.28. The quantitative estimate of drug-likeness (QED) is 0.719. The number of urea groups is 1. The summed E-state index contributed by atoms with van der Waals surface area (Å²) in [5, 5.41) is 3.09. The summed E-state index contributed by atoms with van der Waals surface area (Å²) in [4.78, 5) is 19.5. The molecule has 1 aliphatic heterocycles. The monoisotopic (exact) mass is 410 g/mol. The van der Waals surface area contributed by atoms with E-state index in [4.69, 9.17) is 4.74 Å². The van der Waals surface area contributed by atoms with Crippen LogP contribution in [0.25, 0.3) is 0 Å². The highest BCUT2D eigenvalue weighted by atomic mass is 16.5. The van der Waals surface area contributed by atoms with E-state index in [1.54, 1.807) is 0 Å². The molecule has 6 nitrogen and oxygen atoms in total. The smallest absolute Gasteiger partial charge is 0.322 e. The summed E-state index contributed by atoms with van der Waals surface area (Å²) in [5.41, 5.74) is 4.21. The van der Waals surface area contributed by atoms with Gasteiger partial charge in [0, 0.05) is 58.2 Å². The summed E-state index contributed by atoms with van der Waals surface area (Å²) >= 11 is 0. The number of morpholine rings is 1. The van der Waals surface area contributed by atoms with E-state index in [2.05, 4.69) is 39.4 Å². The Morgan fingerprint density at radius 2 is 1.77 bits per heavy atom. The van der Waals surface area contributed by atoms with Crippen LogP contribution in [0.2, 0.25) is 0 Å². The molecule has 0 saturated carbocycles. The number of carbonyl (C=O) groups is 1. The Kier molecular flexibility index (Phi) is 8.11. The zero-order valence-corrected chi connectivity index (χ0v) is 18.4. The molecule has 0 aromatic heterocycles. The fourth-order valence-corrected chi connectivity index (χ4v) is 3.59. The van der Waals surface area contributed by atoms with Gasteiger partial charge in [-0.15, -0.1) is 0 Å². The molecule has 2 amide bonds. The van der Waals surface area contributed by atoms with Gasteiger partial charge in [-0.2, -0.15) is 0 Å². The standard InChI is InChI=1S/C24H34N4O2/c1-20-7-4-5-8-23(20)25-24(29)28(14-6-13-27-15-17-30-18-16-27)19-21-9-11-22(12-10-21)26(2)3/h4-5,7-12H,6,13-19H2,1-3H3,(H,25,29). The molecule has 0 spiro atoms. The lowest BCUT2D eigenvalue weighted by molar-refractivity contribution is 0.0365. The minimum absolute atomic E-state index is 0.0528. The lowest BCUT2D eigenvalue weighted by Crippen LogP contribution is -2.40. The van der Waals surface area contributed by atoms with Crippen LogP contribution in [0.3, 0.4) is 0 Å². The predicted molar refractivity (Wildman–Crippen MR) is 123 cm³/mol. The van der Waals surface area contributed by atoms with E-state index in [9.17, 15) is 4.79 Å². The molecule has 0 bridgehead atoms. The number of nitrogens with one attached hydrogen (secondary N) is 1. The number of rotatable bonds is 8. The molecule has 3 rings (SSSR count). The van der Waals surface area contributed by atoms with Crippen molar-refractivity contribution >= 4 is 17.4 Å². The Hall–Kier alpha value is -2.57. The van der Waals surface area contributed by atoms with E-state index >= 15 is 0 Å². The van der Waals surface area contributed by atoms with Crippen LogP contribution in [0.4, 0.5) is 16.2 Å². The molecule has 30 heavy (non-hydrogen) atoms. The van der Waals surface area contributed by atoms with E-state index < -0.39 is 0 Å². The first-order valence-corrected chi connectivity index (χ1v) is 10.7. The maximum Gasteiger partial charge on any atom is 0.322 e. The van der Waals surface area contributed by atoms with Gasteiger partial charge in [-0.25, -0.2) is 4.79 Å². The Balaban J connectivity index is 1.65. The summed E-state index contributed by atoms with van der Waals surface area (Å²) in [6.45, 7) is 7.85. The molecular formula is C24H34N4O2. The minimum atomic E-state index is -0.0528. The first-order chi connectivity index (χ1) is 14.5. The summed E-state index contributed by atoms with van der Waals surface area (Å²) in [5.74, 6) is 0. The fourth-order valence-electron chi connectivity index (χ4n) is 3.59. The third-order valence-electron chi connectivity index (χ3n) is 5.51. The second-order valence-electron chi connectivity index (χ2n) is 8.04. The van der Waals surface area contributed by atoms with Gasteiger partial charge in [0.15, 0.2) is 0 Å². The van der Waals surface area contributed by atoms with Crippen LogP contribution in [0.15, 0.2) is 48.5 Å². The topological polar surface area (TPSA) is 48.1 Å². The van der Waals surface area contributed by atoms with E-state index in [1.165, 1.54) is 0 Å². The highest BCUT2D eigenvalue weighted by molar-refractivity contribution is 5.90. The van der Waals surface area contributed by atoms with Gasteiger partial charge in [0.05, 0.1) is 13.2 Å². The molecule has 1 saturated heterocycles. The molecule has 0 unspecified atom stereocenters. The van der Waals surface area contributed by atoms with Crippen molar-refractivity contribution in [1.82, 2.24) is 9.80 Å². The van der Waals surface area contributed by atoms with E-state index in [0.29, 0.717) is 13.1 Å². The van der Waals surface area contributed by atoms with Crippen LogP contribution >= 0.6 is 0 Å².